The predicted molar refractivity (Wildman–Crippen MR) is 113 cm³/mol. The van der Waals surface area contributed by atoms with Crippen LogP contribution in [0.5, 0.6) is 0 Å². The van der Waals surface area contributed by atoms with Crippen molar-refractivity contribution >= 4 is 26.7 Å². The van der Waals surface area contributed by atoms with Gasteiger partial charge in [-0.25, -0.2) is 13.2 Å². The summed E-state index contributed by atoms with van der Waals surface area (Å²) in [5.74, 6) is 0. The van der Waals surface area contributed by atoms with Crippen molar-refractivity contribution in [1.82, 2.24) is 0 Å². The molecule has 0 spiro atoms. The molecule has 0 amide bonds. The lowest BCUT2D eigenvalue weighted by Gasteiger charge is -2.11. The van der Waals surface area contributed by atoms with E-state index in [1.54, 1.807) is 42.5 Å². The quantitative estimate of drug-likeness (QED) is 0.427. The monoisotopic (exact) mass is 458 g/mol. The molecule has 0 aliphatic heterocycles. The van der Waals surface area contributed by atoms with Crippen LogP contribution in [-0.2, 0) is 22.6 Å². The number of sulfonamides is 1. The number of hydrogen-bond donors (Lipinski definition) is 1. The van der Waals surface area contributed by atoms with E-state index in [4.69, 9.17) is 4.42 Å². The van der Waals surface area contributed by atoms with Crippen molar-refractivity contribution in [2.45, 2.75) is 17.5 Å². The van der Waals surface area contributed by atoms with E-state index < -0.39 is 27.4 Å². The summed E-state index contributed by atoms with van der Waals surface area (Å²) in [4.78, 5) is 11.5. The van der Waals surface area contributed by atoms with Crippen LogP contribution in [0.1, 0.15) is 16.7 Å². The normalized spacial score (nSPS) is 12.1. The van der Waals surface area contributed by atoms with Gasteiger partial charge in [-0.3, -0.25) is 4.72 Å². The number of fused-ring (bicyclic) bond motifs is 1. The Bertz CT molecular complexity index is 1430. The fourth-order valence-corrected chi connectivity index (χ4v) is 4.30. The maximum absolute atomic E-state index is 13.3. The molecular formula is C23H15F3NO4S. The van der Waals surface area contributed by atoms with Crippen LogP contribution in [-0.4, -0.2) is 8.42 Å². The molecule has 0 saturated heterocycles. The molecule has 3 aromatic carbocycles. The smallest absolute Gasteiger partial charge is 0.417 e. The van der Waals surface area contributed by atoms with Crippen LogP contribution < -0.4 is 10.3 Å². The van der Waals surface area contributed by atoms with Crippen LogP contribution in [0, 0.1) is 6.07 Å². The molecule has 0 aliphatic carbocycles. The highest BCUT2D eigenvalue weighted by molar-refractivity contribution is 7.92. The Labute approximate surface area is 181 Å². The van der Waals surface area contributed by atoms with E-state index in [0.29, 0.717) is 22.9 Å². The van der Waals surface area contributed by atoms with Crippen molar-refractivity contribution < 1.29 is 26.0 Å². The number of rotatable bonds is 5. The SMILES string of the molecule is O=c1cc(C(F)(F)F)c2cc(Cc3ccc(S(=O)(=O)Nc4cc[c]cc4)cc3)ccc2o1. The number of halogens is 3. The van der Waals surface area contributed by atoms with Crippen molar-refractivity contribution in [3.63, 3.8) is 0 Å². The predicted octanol–water partition coefficient (Wildman–Crippen LogP) is 5.00. The van der Waals surface area contributed by atoms with Crippen molar-refractivity contribution in [3.8, 4) is 0 Å². The van der Waals surface area contributed by atoms with Gasteiger partial charge in [0.2, 0.25) is 0 Å². The fourth-order valence-electron chi connectivity index (χ4n) is 3.25. The second-order valence-corrected chi connectivity index (χ2v) is 8.70. The van der Waals surface area contributed by atoms with Gasteiger partial charge in [0.1, 0.15) is 5.58 Å². The molecule has 9 heteroatoms. The summed E-state index contributed by atoms with van der Waals surface area (Å²) < 4.78 is 72.3. The molecule has 0 bridgehead atoms. The summed E-state index contributed by atoms with van der Waals surface area (Å²) in [5.41, 5.74) is -0.640. The molecule has 1 heterocycles. The minimum Gasteiger partial charge on any atom is -0.423 e. The zero-order valence-corrected chi connectivity index (χ0v) is 17.1. The second kappa shape index (κ2) is 8.16. The topological polar surface area (TPSA) is 76.4 Å². The summed E-state index contributed by atoms with van der Waals surface area (Å²) in [6.07, 6.45) is -4.44. The summed E-state index contributed by atoms with van der Waals surface area (Å²) >= 11 is 0. The van der Waals surface area contributed by atoms with Gasteiger partial charge in [0.05, 0.1) is 10.5 Å². The average molecular weight is 458 g/mol. The Morgan fingerprint density at radius 2 is 1.56 bits per heavy atom. The molecular weight excluding hydrogens is 443 g/mol. The summed E-state index contributed by atoms with van der Waals surface area (Å²) in [6, 6.07) is 19.8. The minimum atomic E-state index is -4.70. The Morgan fingerprint density at radius 1 is 0.906 bits per heavy atom. The number of benzene rings is 3. The van der Waals surface area contributed by atoms with E-state index in [2.05, 4.69) is 10.8 Å². The standard InChI is InChI=1S/C23H15F3NO4S/c24-23(25,26)20-14-22(28)31-21-11-8-16(13-19(20)21)12-15-6-9-18(10-7-15)32(29,30)27-17-4-2-1-3-5-17/h2-11,13-14,27H,12H2. The zero-order valence-electron chi connectivity index (χ0n) is 16.3. The molecule has 4 aromatic rings. The first kappa shape index (κ1) is 21.6. The molecule has 0 fully saturated rings. The second-order valence-electron chi connectivity index (χ2n) is 7.02. The van der Waals surface area contributed by atoms with Crippen LogP contribution in [0.25, 0.3) is 11.0 Å². The molecule has 0 aliphatic rings. The Hall–Kier alpha value is -3.59. The molecule has 0 saturated carbocycles. The van der Waals surface area contributed by atoms with Crippen molar-refractivity contribution in [2.75, 3.05) is 4.72 Å². The van der Waals surface area contributed by atoms with Crippen LogP contribution in [0.4, 0.5) is 18.9 Å². The van der Waals surface area contributed by atoms with Crippen LogP contribution in [0.3, 0.4) is 0 Å². The lowest BCUT2D eigenvalue weighted by molar-refractivity contribution is -0.136. The van der Waals surface area contributed by atoms with Gasteiger partial charge in [-0.1, -0.05) is 30.3 Å². The fraction of sp³-hybridized carbons (Fsp3) is 0.0870. The van der Waals surface area contributed by atoms with Gasteiger partial charge < -0.3 is 4.42 Å². The number of nitrogens with one attached hydrogen (secondary N) is 1. The molecule has 1 aromatic heterocycles. The Kier molecular flexibility index (Phi) is 5.52. The van der Waals surface area contributed by atoms with E-state index in [0.717, 1.165) is 0 Å². The summed E-state index contributed by atoms with van der Waals surface area (Å²) in [6.45, 7) is 0. The molecule has 0 atom stereocenters. The van der Waals surface area contributed by atoms with Crippen LogP contribution in [0.15, 0.2) is 86.9 Å². The van der Waals surface area contributed by atoms with E-state index in [1.807, 2.05) is 0 Å². The highest BCUT2D eigenvalue weighted by atomic mass is 32.2. The highest BCUT2D eigenvalue weighted by Gasteiger charge is 2.33. The van der Waals surface area contributed by atoms with Crippen molar-refractivity contribution in [3.05, 3.63) is 106 Å². The number of hydrogen-bond acceptors (Lipinski definition) is 4. The number of anilines is 1. The average Bonchev–Trinajstić information content (AvgIpc) is 2.73. The van der Waals surface area contributed by atoms with E-state index >= 15 is 0 Å². The number of alkyl halides is 3. The zero-order chi connectivity index (χ0) is 22.9. The van der Waals surface area contributed by atoms with Gasteiger partial charge in [-0.2, -0.15) is 13.2 Å². The van der Waals surface area contributed by atoms with E-state index in [-0.39, 0.29) is 22.3 Å². The molecule has 0 unspecified atom stereocenters. The first-order valence-corrected chi connectivity index (χ1v) is 10.8. The van der Waals surface area contributed by atoms with Crippen LogP contribution >= 0.6 is 0 Å². The van der Waals surface area contributed by atoms with Crippen molar-refractivity contribution in [2.24, 2.45) is 0 Å². The van der Waals surface area contributed by atoms with Crippen LogP contribution in [0.2, 0.25) is 0 Å². The van der Waals surface area contributed by atoms with Gasteiger partial charge in [-0.15, -0.1) is 0 Å². The van der Waals surface area contributed by atoms with E-state index in [1.165, 1.54) is 24.3 Å². The minimum absolute atomic E-state index is 0.0497. The first-order chi connectivity index (χ1) is 15.1. The molecule has 163 valence electrons. The summed E-state index contributed by atoms with van der Waals surface area (Å²) in [5, 5.41) is -0.210. The maximum atomic E-state index is 13.3. The third-order valence-corrected chi connectivity index (χ3v) is 6.12. The molecule has 4 rings (SSSR count). The highest BCUT2D eigenvalue weighted by Crippen LogP contribution is 2.34. The summed E-state index contributed by atoms with van der Waals surface area (Å²) in [7, 11) is -3.79. The van der Waals surface area contributed by atoms with Gasteiger partial charge in [0, 0.05) is 17.1 Å². The lowest BCUT2D eigenvalue weighted by Crippen LogP contribution is -2.12. The van der Waals surface area contributed by atoms with Gasteiger partial charge in [0.15, 0.2) is 0 Å². The Morgan fingerprint density at radius 3 is 2.22 bits per heavy atom. The lowest BCUT2D eigenvalue weighted by atomic mass is 10.0. The van der Waals surface area contributed by atoms with Gasteiger partial charge in [-0.05, 0) is 60.0 Å². The maximum Gasteiger partial charge on any atom is 0.417 e. The molecule has 5 nitrogen and oxygen atoms in total. The third kappa shape index (κ3) is 4.67. The largest absolute Gasteiger partial charge is 0.423 e. The van der Waals surface area contributed by atoms with Crippen molar-refractivity contribution in [1.29, 1.82) is 0 Å². The Balaban J connectivity index is 1.60. The first-order valence-electron chi connectivity index (χ1n) is 9.34. The molecule has 1 N–H and O–H groups in total. The van der Waals surface area contributed by atoms with Gasteiger partial charge >= 0.3 is 11.8 Å². The molecule has 1 radical (unpaired) electrons. The molecule has 32 heavy (non-hydrogen) atoms. The van der Waals surface area contributed by atoms with Gasteiger partial charge in [0.25, 0.3) is 10.0 Å². The third-order valence-electron chi connectivity index (χ3n) is 4.72. The van der Waals surface area contributed by atoms with E-state index in [9.17, 15) is 26.4 Å².